The second-order valence-electron chi connectivity index (χ2n) is 5.67. The Bertz CT molecular complexity index is 709. The Balaban J connectivity index is 1.96. The van der Waals surface area contributed by atoms with E-state index >= 15 is 0 Å². The van der Waals surface area contributed by atoms with Gasteiger partial charge in [0.2, 0.25) is 15.9 Å². The van der Waals surface area contributed by atoms with E-state index < -0.39 is 15.9 Å². The Hall–Kier alpha value is -1.06. The van der Waals surface area contributed by atoms with Crippen molar-refractivity contribution in [2.75, 3.05) is 56.5 Å². The monoisotopic (exact) mass is 409 g/mol. The van der Waals surface area contributed by atoms with Crippen LogP contribution in [0.4, 0.5) is 5.69 Å². The van der Waals surface area contributed by atoms with Gasteiger partial charge in [0.15, 0.2) is 0 Å². The lowest BCUT2D eigenvalue weighted by atomic mass is 10.3. The van der Waals surface area contributed by atoms with Crippen molar-refractivity contribution in [2.45, 2.75) is 0 Å². The van der Waals surface area contributed by atoms with Gasteiger partial charge in [0.1, 0.15) is 6.54 Å². The molecule has 1 amide bonds. The molecule has 0 saturated carbocycles. The standard InChI is InChI=1S/C15H21Cl2N3O4S/c1-25(22,23)20(14-3-2-12(16)10-13(14)17)11-15(21)18-4-5-19-6-8-24-9-7-19/h2-3,10H,4-9,11H2,1H3,(H,18,21). The summed E-state index contributed by atoms with van der Waals surface area (Å²) in [7, 11) is -3.68. The average molecular weight is 410 g/mol. The number of hydrogen-bond acceptors (Lipinski definition) is 5. The Morgan fingerprint density at radius 1 is 1.32 bits per heavy atom. The van der Waals surface area contributed by atoms with Crippen molar-refractivity contribution in [1.82, 2.24) is 10.2 Å². The topological polar surface area (TPSA) is 79.0 Å². The molecular formula is C15H21Cl2N3O4S. The van der Waals surface area contributed by atoms with Crippen molar-refractivity contribution in [1.29, 1.82) is 0 Å². The van der Waals surface area contributed by atoms with Crippen LogP contribution in [0.15, 0.2) is 18.2 Å². The van der Waals surface area contributed by atoms with Gasteiger partial charge in [0.05, 0.1) is 30.2 Å². The number of amides is 1. The predicted octanol–water partition coefficient (Wildman–Crippen LogP) is 1.21. The van der Waals surface area contributed by atoms with Gasteiger partial charge in [-0.25, -0.2) is 8.42 Å². The van der Waals surface area contributed by atoms with E-state index in [0.29, 0.717) is 31.3 Å². The van der Waals surface area contributed by atoms with Gasteiger partial charge in [-0.1, -0.05) is 23.2 Å². The normalized spacial score (nSPS) is 15.8. The maximum atomic E-state index is 12.2. The highest BCUT2D eigenvalue weighted by Crippen LogP contribution is 2.30. The molecular weight excluding hydrogens is 389 g/mol. The van der Waals surface area contributed by atoms with E-state index in [1.54, 1.807) is 0 Å². The van der Waals surface area contributed by atoms with Crippen LogP contribution in [-0.4, -0.2) is 71.4 Å². The highest BCUT2D eigenvalue weighted by Gasteiger charge is 2.23. The van der Waals surface area contributed by atoms with Gasteiger partial charge < -0.3 is 10.1 Å². The number of nitrogens with zero attached hydrogens (tertiary/aromatic N) is 2. The molecule has 2 rings (SSSR count). The molecule has 0 atom stereocenters. The van der Waals surface area contributed by atoms with Crippen LogP contribution in [-0.2, 0) is 19.6 Å². The number of benzene rings is 1. The van der Waals surface area contributed by atoms with Gasteiger partial charge in [-0.15, -0.1) is 0 Å². The fourth-order valence-electron chi connectivity index (χ4n) is 2.43. The molecule has 1 aliphatic heterocycles. The largest absolute Gasteiger partial charge is 0.379 e. The third-order valence-corrected chi connectivity index (χ3v) is 5.38. The molecule has 25 heavy (non-hydrogen) atoms. The molecule has 1 fully saturated rings. The Kier molecular flexibility index (Phi) is 7.33. The summed E-state index contributed by atoms with van der Waals surface area (Å²) >= 11 is 11.9. The van der Waals surface area contributed by atoms with Crippen LogP contribution < -0.4 is 9.62 Å². The maximum Gasteiger partial charge on any atom is 0.240 e. The second-order valence-corrected chi connectivity index (χ2v) is 8.42. The molecule has 1 aromatic carbocycles. The molecule has 0 unspecified atom stereocenters. The molecule has 7 nitrogen and oxygen atoms in total. The maximum absolute atomic E-state index is 12.2. The van der Waals surface area contributed by atoms with E-state index in [1.807, 2.05) is 0 Å². The van der Waals surface area contributed by atoms with E-state index in [9.17, 15) is 13.2 Å². The Morgan fingerprint density at radius 2 is 2.00 bits per heavy atom. The van der Waals surface area contributed by atoms with Crippen molar-refractivity contribution < 1.29 is 17.9 Å². The molecule has 1 N–H and O–H groups in total. The molecule has 1 aliphatic rings. The number of halogens is 2. The number of nitrogens with one attached hydrogen (secondary N) is 1. The number of carbonyl (C=O) groups excluding carboxylic acids is 1. The lowest BCUT2D eigenvalue weighted by Gasteiger charge is -2.27. The molecule has 10 heteroatoms. The molecule has 0 aliphatic carbocycles. The van der Waals surface area contributed by atoms with Crippen molar-refractivity contribution in [3.8, 4) is 0 Å². The minimum absolute atomic E-state index is 0.166. The summed E-state index contributed by atoms with van der Waals surface area (Å²) in [4.78, 5) is 14.3. The number of rotatable bonds is 7. The van der Waals surface area contributed by atoms with E-state index in [1.165, 1.54) is 18.2 Å². The third kappa shape index (κ3) is 6.31. The fourth-order valence-corrected chi connectivity index (χ4v) is 3.86. The summed E-state index contributed by atoms with van der Waals surface area (Å²) in [5, 5.41) is 3.29. The SMILES string of the molecule is CS(=O)(=O)N(CC(=O)NCCN1CCOCC1)c1ccc(Cl)cc1Cl. The number of anilines is 1. The van der Waals surface area contributed by atoms with Crippen LogP contribution in [0.3, 0.4) is 0 Å². The smallest absolute Gasteiger partial charge is 0.240 e. The Labute approximate surface area is 157 Å². The zero-order valence-corrected chi connectivity index (χ0v) is 16.2. The highest BCUT2D eigenvalue weighted by molar-refractivity contribution is 7.92. The van der Waals surface area contributed by atoms with Gasteiger partial charge >= 0.3 is 0 Å². The van der Waals surface area contributed by atoms with Crippen LogP contribution in [0.25, 0.3) is 0 Å². The summed E-state index contributed by atoms with van der Waals surface area (Å²) in [5.41, 5.74) is 0.219. The van der Waals surface area contributed by atoms with E-state index in [4.69, 9.17) is 27.9 Å². The second kappa shape index (κ2) is 9.05. The Morgan fingerprint density at radius 3 is 2.60 bits per heavy atom. The van der Waals surface area contributed by atoms with Gasteiger partial charge in [-0.3, -0.25) is 14.0 Å². The zero-order chi connectivity index (χ0) is 18.4. The number of ether oxygens (including phenoxy) is 1. The third-order valence-electron chi connectivity index (χ3n) is 3.72. The van der Waals surface area contributed by atoms with Crippen LogP contribution in [0.1, 0.15) is 0 Å². The first-order chi connectivity index (χ1) is 11.8. The van der Waals surface area contributed by atoms with Gasteiger partial charge in [-0.05, 0) is 18.2 Å². The summed E-state index contributed by atoms with van der Waals surface area (Å²) < 4.78 is 30.3. The molecule has 1 heterocycles. The van der Waals surface area contributed by atoms with Gasteiger partial charge in [-0.2, -0.15) is 0 Å². The zero-order valence-electron chi connectivity index (χ0n) is 13.9. The molecule has 0 bridgehead atoms. The number of carbonyl (C=O) groups is 1. The van der Waals surface area contributed by atoms with Crippen molar-refractivity contribution in [3.63, 3.8) is 0 Å². The minimum atomic E-state index is -3.68. The lowest BCUT2D eigenvalue weighted by molar-refractivity contribution is -0.119. The van der Waals surface area contributed by atoms with Gasteiger partial charge in [0.25, 0.3) is 0 Å². The first-order valence-corrected chi connectivity index (χ1v) is 10.4. The van der Waals surface area contributed by atoms with Crippen LogP contribution in [0.2, 0.25) is 10.0 Å². The van der Waals surface area contributed by atoms with E-state index in [2.05, 4.69) is 10.2 Å². The van der Waals surface area contributed by atoms with Crippen molar-refractivity contribution in [3.05, 3.63) is 28.2 Å². The van der Waals surface area contributed by atoms with Crippen LogP contribution in [0, 0.1) is 0 Å². The first-order valence-electron chi connectivity index (χ1n) is 7.77. The molecule has 0 radical (unpaired) electrons. The molecule has 0 aromatic heterocycles. The number of hydrogen-bond donors (Lipinski definition) is 1. The fraction of sp³-hybridized carbons (Fsp3) is 0.533. The molecule has 140 valence electrons. The summed E-state index contributed by atoms with van der Waals surface area (Å²) in [5.74, 6) is -0.398. The molecule has 1 saturated heterocycles. The quantitative estimate of drug-likeness (QED) is 0.731. The highest BCUT2D eigenvalue weighted by atomic mass is 35.5. The van der Waals surface area contributed by atoms with Crippen molar-refractivity contribution in [2.24, 2.45) is 0 Å². The number of morpholine rings is 1. The van der Waals surface area contributed by atoms with Crippen LogP contribution >= 0.6 is 23.2 Å². The van der Waals surface area contributed by atoms with E-state index in [0.717, 1.165) is 23.7 Å². The summed E-state index contributed by atoms with van der Waals surface area (Å²) in [6.45, 7) is 3.80. The first kappa shape index (κ1) is 20.3. The summed E-state index contributed by atoms with van der Waals surface area (Å²) in [6, 6.07) is 4.44. The van der Waals surface area contributed by atoms with Gasteiger partial charge in [0, 0.05) is 31.2 Å². The minimum Gasteiger partial charge on any atom is -0.379 e. The lowest BCUT2D eigenvalue weighted by Crippen LogP contribution is -2.44. The molecule has 1 aromatic rings. The average Bonchev–Trinajstić information content (AvgIpc) is 2.53. The van der Waals surface area contributed by atoms with E-state index in [-0.39, 0.29) is 17.3 Å². The van der Waals surface area contributed by atoms with Crippen LogP contribution in [0.5, 0.6) is 0 Å². The number of sulfonamides is 1. The predicted molar refractivity (Wildman–Crippen MR) is 98.9 cm³/mol. The molecule has 0 spiro atoms. The van der Waals surface area contributed by atoms with Crippen molar-refractivity contribution >= 4 is 44.8 Å². The summed E-state index contributed by atoms with van der Waals surface area (Å²) in [6.07, 6.45) is 1.03.